The molecule has 0 aromatic heterocycles. The average Bonchev–Trinajstić information content (AvgIpc) is 3.06. The van der Waals surface area contributed by atoms with Crippen LogP contribution >= 0.6 is 11.6 Å². The second-order valence-electron chi connectivity index (χ2n) is 7.57. The highest BCUT2D eigenvalue weighted by Gasteiger charge is 2.59. The summed E-state index contributed by atoms with van der Waals surface area (Å²) in [5.41, 5.74) is 4.75. The molecule has 1 fully saturated rings. The topological polar surface area (TPSA) is 88.7 Å². The van der Waals surface area contributed by atoms with Crippen molar-refractivity contribution in [3.8, 4) is 5.75 Å². The highest BCUT2D eigenvalue weighted by Crippen LogP contribution is 2.46. The van der Waals surface area contributed by atoms with Crippen molar-refractivity contribution in [3.05, 3.63) is 59.1 Å². The lowest BCUT2D eigenvalue weighted by Crippen LogP contribution is -2.55. The van der Waals surface area contributed by atoms with Crippen molar-refractivity contribution in [2.45, 2.75) is 32.4 Å². The molecule has 0 spiro atoms. The summed E-state index contributed by atoms with van der Waals surface area (Å²) in [6, 6.07) is 12.5. The lowest BCUT2D eigenvalue weighted by atomic mass is 9.66. The summed E-state index contributed by atoms with van der Waals surface area (Å²) < 4.78 is 34.7. The molecule has 2 unspecified atom stereocenters. The van der Waals surface area contributed by atoms with Gasteiger partial charge in [0.15, 0.2) is 0 Å². The number of hydrogen-bond acceptors (Lipinski definition) is 6. The van der Waals surface area contributed by atoms with Crippen molar-refractivity contribution in [3.63, 3.8) is 0 Å². The van der Waals surface area contributed by atoms with Gasteiger partial charge in [0.2, 0.25) is 5.91 Å². The van der Waals surface area contributed by atoms with E-state index < -0.39 is 29.4 Å². The molecule has 2 atom stereocenters. The Bertz CT molecular complexity index is 976. The number of alkyl halides is 2. The maximum atomic E-state index is 13.1. The molecular formula is C22H24ClF2N3O4. The van der Waals surface area contributed by atoms with Crippen LogP contribution in [0, 0.1) is 5.41 Å². The summed E-state index contributed by atoms with van der Waals surface area (Å²) in [5.74, 6) is -0.990. The zero-order valence-corrected chi connectivity index (χ0v) is 18.3. The fourth-order valence-electron chi connectivity index (χ4n) is 3.86. The van der Waals surface area contributed by atoms with E-state index in [-0.39, 0.29) is 31.0 Å². The molecule has 3 rings (SSSR count). The van der Waals surface area contributed by atoms with Crippen LogP contribution in [0.5, 0.6) is 5.75 Å². The van der Waals surface area contributed by atoms with Gasteiger partial charge in [-0.3, -0.25) is 15.0 Å². The van der Waals surface area contributed by atoms with Crippen LogP contribution in [-0.4, -0.2) is 31.6 Å². The zero-order valence-electron chi connectivity index (χ0n) is 17.6. The van der Waals surface area contributed by atoms with Crippen molar-refractivity contribution in [1.82, 2.24) is 10.9 Å². The fraction of sp³-hybridized carbons (Fsp3) is 0.364. The second kappa shape index (κ2) is 9.81. The zero-order chi connectivity index (χ0) is 23.4. The van der Waals surface area contributed by atoms with E-state index in [9.17, 15) is 18.4 Å². The van der Waals surface area contributed by atoms with E-state index in [1.54, 1.807) is 44.2 Å². The maximum Gasteiger partial charge on any atom is 0.387 e. The van der Waals surface area contributed by atoms with E-state index in [2.05, 4.69) is 20.9 Å². The lowest BCUT2D eigenvalue weighted by molar-refractivity contribution is -0.157. The highest BCUT2D eigenvalue weighted by molar-refractivity contribution is 6.30. The molecule has 0 saturated carbocycles. The molecule has 1 amide bonds. The number of halogens is 3. The van der Waals surface area contributed by atoms with Crippen molar-refractivity contribution in [2.75, 3.05) is 18.5 Å². The van der Waals surface area contributed by atoms with Crippen LogP contribution in [0.15, 0.2) is 48.5 Å². The van der Waals surface area contributed by atoms with Crippen LogP contribution in [-0.2, 0) is 19.9 Å². The lowest BCUT2D eigenvalue weighted by Gasteiger charge is -2.40. The molecule has 1 heterocycles. The number of amides is 1. The van der Waals surface area contributed by atoms with Gasteiger partial charge in [-0.15, -0.1) is 0 Å². The number of rotatable bonds is 8. The average molecular weight is 468 g/mol. The first-order chi connectivity index (χ1) is 15.2. The van der Waals surface area contributed by atoms with Gasteiger partial charge in [0.05, 0.1) is 18.6 Å². The quantitative estimate of drug-likeness (QED) is 0.511. The van der Waals surface area contributed by atoms with Gasteiger partial charge >= 0.3 is 12.6 Å². The summed E-state index contributed by atoms with van der Waals surface area (Å²) in [6.45, 7) is 0.862. The summed E-state index contributed by atoms with van der Waals surface area (Å²) in [7, 11) is 0. The Morgan fingerprint density at radius 1 is 1.22 bits per heavy atom. The van der Waals surface area contributed by atoms with Crippen LogP contribution in [0.3, 0.4) is 0 Å². The minimum absolute atomic E-state index is 0.0813. The number of carbonyl (C=O) groups excluding carboxylic acids is 2. The normalized spacial score (nSPS) is 22.6. The third kappa shape index (κ3) is 4.85. The Hall–Kier alpha value is -2.75. The maximum absolute atomic E-state index is 13.1. The van der Waals surface area contributed by atoms with E-state index in [0.29, 0.717) is 10.6 Å². The van der Waals surface area contributed by atoms with Gasteiger partial charge in [0.25, 0.3) is 0 Å². The van der Waals surface area contributed by atoms with Crippen molar-refractivity contribution in [2.24, 2.45) is 5.41 Å². The first kappa shape index (κ1) is 23.9. The van der Waals surface area contributed by atoms with Gasteiger partial charge in [-0.25, -0.2) is 5.43 Å². The van der Waals surface area contributed by atoms with E-state index in [0.717, 1.165) is 0 Å². The molecule has 1 saturated heterocycles. The first-order valence-corrected chi connectivity index (χ1v) is 10.4. The number of anilines is 1. The van der Waals surface area contributed by atoms with Crippen LogP contribution in [0.4, 0.5) is 14.5 Å². The molecule has 10 heteroatoms. The van der Waals surface area contributed by atoms with E-state index in [1.165, 1.54) is 18.2 Å². The van der Waals surface area contributed by atoms with E-state index in [1.807, 2.05) is 0 Å². The van der Waals surface area contributed by atoms with Gasteiger partial charge in [-0.1, -0.05) is 29.8 Å². The number of hydrazine groups is 1. The third-order valence-electron chi connectivity index (χ3n) is 5.52. The van der Waals surface area contributed by atoms with Crippen LogP contribution in [0.1, 0.15) is 25.8 Å². The van der Waals surface area contributed by atoms with E-state index >= 15 is 0 Å². The van der Waals surface area contributed by atoms with Gasteiger partial charge < -0.3 is 14.8 Å². The smallest absolute Gasteiger partial charge is 0.387 e. The number of carbonyl (C=O) groups is 2. The van der Waals surface area contributed by atoms with Crippen molar-refractivity contribution < 1.29 is 27.8 Å². The molecule has 3 N–H and O–H groups in total. The summed E-state index contributed by atoms with van der Waals surface area (Å²) in [6.07, 6.45) is -0.156. The summed E-state index contributed by atoms with van der Waals surface area (Å²) in [4.78, 5) is 26.0. The molecule has 7 nitrogen and oxygen atoms in total. The molecule has 0 aliphatic carbocycles. The molecule has 2 aromatic rings. The largest absolute Gasteiger partial charge is 0.465 e. The van der Waals surface area contributed by atoms with Crippen molar-refractivity contribution in [1.29, 1.82) is 0 Å². The Labute approximate surface area is 189 Å². The molecule has 1 aliphatic heterocycles. The third-order valence-corrected chi connectivity index (χ3v) is 5.77. The SMILES string of the molecule is CCOC(=O)C1(C)CNNC1(CC(=O)Nc1cccc(OC(F)F)c1)c1ccc(Cl)cc1. The predicted octanol–water partition coefficient (Wildman–Crippen LogP) is 3.84. The Kier molecular flexibility index (Phi) is 7.33. The van der Waals surface area contributed by atoms with Crippen LogP contribution in [0.2, 0.25) is 5.02 Å². The molecule has 0 radical (unpaired) electrons. The van der Waals surface area contributed by atoms with E-state index in [4.69, 9.17) is 16.3 Å². The molecule has 2 aromatic carbocycles. The highest BCUT2D eigenvalue weighted by atomic mass is 35.5. The fourth-order valence-corrected chi connectivity index (χ4v) is 3.99. The van der Waals surface area contributed by atoms with Gasteiger partial charge in [0.1, 0.15) is 11.2 Å². The van der Waals surface area contributed by atoms with Gasteiger partial charge in [-0.2, -0.15) is 8.78 Å². The standard InChI is InChI=1S/C22H24ClF2N3O4/c1-3-31-19(30)21(2)13-26-28-22(21,14-7-9-15(23)10-8-14)12-18(29)27-16-5-4-6-17(11-16)32-20(24)25/h4-11,20,26,28H,3,12-13H2,1-2H3,(H,27,29). The van der Waals surface area contributed by atoms with Crippen LogP contribution < -0.4 is 20.9 Å². The van der Waals surface area contributed by atoms with Gasteiger partial charge in [-0.05, 0) is 43.7 Å². The second-order valence-corrected chi connectivity index (χ2v) is 8.01. The Morgan fingerprint density at radius 2 is 1.94 bits per heavy atom. The summed E-state index contributed by atoms with van der Waals surface area (Å²) in [5, 5.41) is 3.19. The molecule has 172 valence electrons. The summed E-state index contributed by atoms with van der Waals surface area (Å²) >= 11 is 6.04. The Balaban J connectivity index is 1.92. The number of nitrogens with one attached hydrogen (secondary N) is 3. The molecule has 32 heavy (non-hydrogen) atoms. The van der Waals surface area contributed by atoms with Crippen LogP contribution in [0.25, 0.3) is 0 Å². The molecule has 1 aliphatic rings. The monoisotopic (exact) mass is 467 g/mol. The Morgan fingerprint density at radius 3 is 2.59 bits per heavy atom. The number of benzene rings is 2. The molecular weight excluding hydrogens is 444 g/mol. The minimum Gasteiger partial charge on any atom is -0.465 e. The number of hydrogen-bond donors (Lipinski definition) is 3. The number of ether oxygens (including phenoxy) is 2. The minimum atomic E-state index is -2.98. The first-order valence-electron chi connectivity index (χ1n) is 9.98. The van der Waals surface area contributed by atoms with Gasteiger partial charge in [0, 0.05) is 23.3 Å². The predicted molar refractivity (Wildman–Crippen MR) is 115 cm³/mol. The molecule has 0 bridgehead atoms. The number of esters is 1. The van der Waals surface area contributed by atoms with Crippen molar-refractivity contribution >= 4 is 29.2 Å².